The number of nitrogens with zero attached hydrogens (tertiary/aromatic N) is 3. The largest absolute Gasteiger partial charge is 0.479 e. The Morgan fingerprint density at radius 1 is 1.11 bits per heavy atom. The van der Waals surface area contributed by atoms with Crippen molar-refractivity contribution < 1.29 is 22.7 Å². The highest BCUT2D eigenvalue weighted by Gasteiger charge is 2.47. The number of likely N-dealkylation sites (N-methyl/N-ethyl adjacent to an activating group) is 1. The molecular weight excluding hydrogens is 505 g/mol. The number of para-hydroxylation sites is 1. The molecule has 0 amide bonds. The number of alkyl halides is 1. The molecule has 2 heterocycles. The first-order valence-electron chi connectivity index (χ1n) is 12.4. The number of benzene rings is 2. The van der Waals surface area contributed by atoms with E-state index in [1.807, 2.05) is 35.2 Å². The summed E-state index contributed by atoms with van der Waals surface area (Å²) in [6, 6.07) is 12.6. The standard InChI is InChI=1S/C26H31ClFN3O4S/c1-29-23(18-8-4-2-5-9-18)16-31(19-10-6-3-7-11-19)22-14-20(27)21(15-24(22)36(29,34)35)30-13-12-26(28,17-30)25(32)33/h3,6-7,10-11,14-15,18,23H,2,4-5,8-9,12-13,16-17H2,1H3,(H,32,33)/t23-,26+/m0/s1. The van der Waals surface area contributed by atoms with Gasteiger partial charge in [0.15, 0.2) is 0 Å². The molecule has 2 aliphatic heterocycles. The van der Waals surface area contributed by atoms with Gasteiger partial charge in [0, 0.05) is 38.3 Å². The highest BCUT2D eigenvalue weighted by atomic mass is 35.5. The predicted octanol–water partition coefficient (Wildman–Crippen LogP) is 5.06. The number of sulfonamides is 1. The second-order valence-electron chi connectivity index (χ2n) is 10.1. The molecule has 7 nitrogen and oxygen atoms in total. The number of hydrogen-bond acceptors (Lipinski definition) is 5. The lowest BCUT2D eigenvalue weighted by atomic mass is 9.83. The minimum Gasteiger partial charge on any atom is -0.479 e. The fraction of sp³-hybridized carbons (Fsp3) is 0.500. The van der Waals surface area contributed by atoms with Crippen molar-refractivity contribution >= 4 is 44.7 Å². The quantitative estimate of drug-likeness (QED) is 0.589. The lowest BCUT2D eigenvalue weighted by molar-refractivity contribution is -0.149. The molecule has 36 heavy (non-hydrogen) atoms. The average molecular weight is 536 g/mol. The molecule has 0 aromatic heterocycles. The Labute approximate surface area is 216 Å². The Balaban J connectivity index is 1.63. The van der Waals surface area contributed by atoms with E-state index in [1.54, 1.807) is 13.1 Å². The number of anilines is 3. The van der Waals surface area contributed by atoms with E-state index in [1.165, 1.54) is 21.7 Å². The molecule has 2 aromatic carbocycles. The van der Waals surface area contributed by atoms with Gasteiger partial charge in [0.1, 0.15) is 4.90 Å². The van der Waals surface area contributed by atoms with Crippen LogP contribution in [-0.4, -0.2) is 62.2 Å². The van der Waals surface area contributed by atoms with Crippen molar-refractivity contribution in [1.29, 1.82) is 0 Å². The van der Waals surface area contributed by atoms with Gasteiger partial charge in [0.05, 0.1) is 22.9 Å². The van der Waals surface area contributed by atoms with Gasteiger partial charge in [-0.3, -0.25) is 0 Å². The van der Waals surface area contributed by atoms with E-state index >= 15 is 0 Å². The third-order valence-corrected chi connectivity index (χ3v) is 10.2. The topological polar surface area (TPSA) is 81.2 Å². The van der Waals surface area contributed by atoms with E-state index in [2.05, 4.69) is 0 Å². The number of carboxylic acids is 1. The normalized spacial score (nSPS) is 27.0. The molecule has 194 valence electrons. The first-order valence-corrected chi connectivity index (χ1v) is 14.2. The van der Waals surface area contributed by atoms with Gasteiger partial charge in [-0.05, 0) is 43.0 Å². The van der Waals surface area contributed by atoms with Crippen LogP contribution < -0.4 is 9.80 Å². The molecule has 1 aliphatic carbocycles. The molecule has 0 bridgehead atoms. The molecule has 1 saturated heterocycles. The number of aliphatic carboxylic acids is 1. The number of carboxylic acid groups (broad SMARTS) is 1. The molecule has 1 N–H and O–H groups in total. The fourth-order valence-corrected chi connectivity index (χ4v) is 7.77. The zero-order chi connectivity index (χ0) is 25.7. The van der Waals surface area contributed by atoms with Gasteiger partial charge in [-0.15, -0.1) is 0 Å². The summed E-state index contributed by atoms with van der Waals surface area (Å²) in [6.45, 7) is 0.234. The van der Waals surface area contributed by atoms with Gasteiger partial charge < -0.3 is 14.9 Å². The van der Waals surface area contributed by atoms with E-state index in [0.29, 0.717) is 17.9 Å². The molecule has 10 heteroatoms. The van der Waals surface area contributed by atoms with Crippen LogP contribution in [0.3, 0.4) is 0 Å². The molecular formula is C26H31ClFN3O4S. The zero-order valence-corrected chi connectivity index (χ0v) is 21.8. The van der Waals surface area contributed by atoms with Crippen molar-refractivity contribution in [3.05, 3.63) is 47.5 Å². The summed E-state index contributed by atoms with van der Waals surface area (Å²) in [6.07, 6.45) is 5.12. The predicted molar refractivity (Wildman–Crippen MR) is 139 cm³/mol. The van der Waals surface area contributed by atoms with Gasteiger partial charge in [-0.25, -0.2) is 17.6 Å². The second-order valence-corrected chi connectivity index (χ2v) is 12.5. The fourth-order valence-electron chi connectivity index (χ4n) is 5.90. The Hall–Kier alpha value is -2.36. The molecule has 1 saturated carbocycles. The summed E-state index contributed by atoms with van der Waals surface area (Å²) in [7, 11) is -2.27. The molecule has 3 aliphatic rings. The third kappa shape index (κ3) is 4.35. The van der Waals surface area contributed by atoms with Crippen LogP contribution in [-0.2, 0) is 14.8 Å². The smallest absolute Gasteiger partial charge is 0.343 e. The number of rotatable bonds is 4. The maximum absolute atomic E-state index is 14.8. The summed E-state index contributed by atoms with van der Waals surface area (Å²) in [5.74, 6) is -1.27. The first-order chi connectivity index (χ1) is 17.1. The van der Waals surface area contributed by atoms with Crippen LogP contribution in [0.1, 0.15) is 38.5 Å². The molecule has 0 unspecified atom stereocenters. The minimum absolute atomic E-state index is 0.0956. The van der Waals surface area contributed by atoms with Crippen LogP contribution in [0.4, 0.5) is 21.5 Å². The molecule has 2 fully saturated rings. The van der Waals surface area contributed by atoms with Crippen LogP contribution >= 0.6 is 11.6 Å². The van der Waals surface area contributed by atoms with E-state index in [0.717, 1.165) is 31.4 Å². The van der Waals surface area contributed by atoms with Gasteiger partial charge in [-0.1, -0.05) is 49.1 Å². The highest BCUT2D eigenvalue weighted by molar-refractivity contribution is 7.89. The highest BCUT2D eigenvalue weighted by Crippen LogP contribution is 2.45. The van der Waals surface area contributed by atoms with Gasteiger partial charge >= 0.3 is 5.97 Å². The Bertz CT molecular complexity index is 1260. The second kappa shape index (κ2) is 9.50. The van der Waals surface area contributed by atoms with Crippen LogP contribution in [0.15, 0.2) is 47.4 Å². The van der Waals surface area contributed by atoms with Crippen LogP contribution in [0, 0.1) is 5.92 Å². The van der Waals surface area contributed by atoms with Crippen molar-refractivity contribution in [3.63, 3.8) is 0 Å². The van der Waals surface area contributed by atoms with Gasteiger partial charge in [0.2, 0.25) is 15.7 Å². The third-order valence-electron chi connectivity index (χ3n) is 8.02. The van der Waals surface area contributed by atoms with Crippen molar-refractivity contribution in [1.82, 2.24) is 4.31 Å². The summed E-state index contributed by atoms with van der Waals surface area (Å²) in [5, 5.41) is 9.59. The number of carbonyl (C=O) groups is 1. The van der Waals surface area contributed by atoms with Crippen molar-refractivity contribution in [3.8, 4) is 0 Å². The van der Waals surface area contributed by atoms with Crippen LogP contribution in [0.25, 0.3) is 0 Å². The van der Waals surface area contributed by atoms with E-state index in [9.17, 15) is 22.7 Å². The minimum atomic E-state index is -3.91. The molecule has 2 aromatic rings. The average Bonchev–Trinajstić information content (AvgIpc) is 3.25. The number of hydrogen-bond donors (Lipinski definition) is 1. The number of halogens is 2. The Kier molecular flexibility index (Phi) is 6.68. The summed E-state index contributed by atoms with van der Waals surface area (Å²) in [4.78, 5) is 15.1. The van der Waals surface area contributed by atoms with Crippen molar-refractivity contribution in [2.45, 2.75) is 55.1 Å². The summed E-state index contributed by atoms with van der Waals surface area (Å²) in [5.41, 5.74) is -0.724. The van der Waals surface area contributed by atoms with Gasteiger partial charge in [0.25, 0.3) is 0 Å². The summed E-state index contributed by atoms with van der Waals surface area (Å²) >= 11 is 6.69. The lowest BCUT2D eigenvalue weighted by Gasteiger charge is -2.36. The maximum Gasteiger partial charge on any atom is 0.343 e. The van der Waals surface area contributed by atoms with E-state index in [4.69, 9.17) is 11.6 Å². The van der Waals surface area contributed by atoms with Crippen LogP contribution in [0.5, 0.6) is 0 Å². The Morgan fingerprint density at radius 3 is 2.44 bits per heavy atom. The monoisotopic (exact) mass is 535 g/mol. The zero-order valence-electron chi connectivity index (χ0n) is 20.2. The Morgan fingerprint density at radius 2 is 1.81 bits per heavy atom. The number of fused-ring (bicyclic) bond motifs is 1. The first kappa shape index (κ1) is 25.3. The van der Waals surface area contributed by atoms with E-state index < -0.39 is 21.7 Å². The van der Waals surface area contributed by atoms with Crippen LogP contribution in [0.2, 0.25) is 5.02 Å². The maximum atomic E-state index is 14.8. The molecule has 0 spiro atoms. The molecule has 0 radical (unpaired) electrons. The van der Waals surface area contributed by atoms with Crippen molar-refractivity contribution in [2.75, 3.05) is 36.5 Å². The summed E-state index contributed by atoms with van der Waals surface area (Å²) < 4.78 is 44.4. The molecule has 5 rings (SSSR count). The van der Waals surface area contributed by atoms with Crippen molar-refractivity contribution in [2.24, 2.45) is 5.92 Å². The lowest BCUT2D eigenvalue weighted by Crippen LogP contribution is -2.46. The molecule has 2 atom stereocenters. The van der Waals surface area contributed by atoms with E-state index in [-0.39, 0.29) is 41.4 Å². The SMILES string of the molecule is CN1[C@H](C2CCCCC2)CN(c2ccccc2)c2cc(Cl)c(N3CC[C@](F)(C(=O)O)C3)cc2S1(=O)=O. The van der Waals surface area contributed by atoms with Gasteiger partial charge in [-0.2, -0.15) is 4.31 Å².